The second kappa shape index (κ2) is 8.80. The van der Waals surface area contributed by atoms with E-state index in [1.165, 1.54) is 67.3 Å². The highest BCUT2D eigenvalue weighted by Gasteiger charge is 2.51. The highest BCUT2D eigenvalue weighted by molar-refractivity contribution is 6.04. The molecule has 0 atom stereocenters. The van der Waals surface area contributed by atoms with Crippen molar-refractivity contribution in [2.75, 3.05) is 16.8 Å². The summed E-state index contributed by atoms with van der Waals surface area (Å²) in [5, 5.41) is 3.12. The number of hydrogen-bond donors (Lipinski definition) is 1. The third kappa shape index (κ3) is 4.03. The van der Waals surface area contributed by atoms with Crippen LogP contribution in [0.1, 0.15) is 72.0 Å². The number of anilines is 2. The van der Waals surface area contributed by atoms with Crippen molar-refractivity contribution in [1.82, 2.24) is 0 Å². The molecule has 3 nitrogen and oxygen atoms in total. The molecule has 3 aromatic rings. The van der Waals surface area contributed by atoms with Crippen LogP contribution >= 0.6 is 0 Å². The summed E-state index contributed by atoms with van der Waals surface area (Å²) in [6, 6.07) is 25.7. The zero-order chi connectivity index (χ0) is 24.1. The van der Waals surface area contributed by atoms with E-state index in [1.807, 2.05) is 12.1 Å². The predicted octanol–water partition coefficient (Wildman–Crippen LogP) is 7.36. The summed E-state index contributed by atoms with van der Waals surface area (Å²) in [5.74, 6) is 2.81. The molecule has 1 heterocycles. The van der Waals surface area contributed by atoms with Crippen molar-refractivity contribution in [3.8, 4) is 0 Å². The Balaban J connectivity index is 1.01. The molecular formula is C33H36N2O. The Bertz CT molecular complexity index is 1220. The SMILES string of the molecule is O=C(Nc1ccc(C23CC4CC(CC(C4)C2)C3)cc1)c1ccc(CN2CCCc3ccccc32)cc1. The summed E-state index contributed by atoms with van der Waals surface area (Å²) >= 11 is 0. The van der Waals surface area contributed by atoms with Crippen LogP contribution in [0.4, 0.5) is 11.4 Å². The number of aryl methyl sites for hydroxylation is 1. The molecule has 0 unspecified atom stereocenters. The Hall–Kier alpha value is -3.07. The van der Waals surface area contributed by atoms with Crippen molar-refractivity contribution in [2.45, 2.75) is 63.3 Å². The molecule has 5 aliphatic rings. The monoisotopic (exact) mass is 476 g/mol. The number of benzene rings is 3. The van der Waals surface area contributed by atoms with E-state index < -0.39 is 0 Å². The molecule has 4 bridgehead atoms. The van der Waals surface area contributed by atoms with Gasteiger partial charge in [0.15, 0.2) is 0 Å². The summed E-state index contributed by atoms with van der Waals surface area (Å²) in [5.41, 5.74) is 7.54. The van der Waals surface area contributed by atoms with Crippen LogP contribution in [0, 0.1) is 17.8 Å². The molecule has 4 aliphatic carbocycles. The predicted molar refractivity (Wildman–Crippen MR) is 147 cm³/mol. The number of fused-ring (bicyclic) bond motifs is 1. The smallest absolute Gasteiger partial charge is 0.255 e. The van der Waals surface area contributed by atoms with Gasteiger partial charge in [-0.05, 0) is 122 Å². The lowest BCUT2D eigenvalue weighted by Gasteiger charge is -2.57. The van der Waals surface area contributed by atoms with Gasteiger partial charge in [0.25, 0.3) is 5.91 Å². The number of amides is 1. The average molecular weight is 477 g/mol. The van der Waals surface area contributed by atoms with Gasteiger partial charge in [0.2, 0.25) is 0 Å². The van der Waals surface area contributed by atoms with Crippen molar-refractivity contribution in [1.29, 1.82) is 0 Å². The van der Waals surface area contributed by atoms with Crippen LogP contribution < -0.4 is 10.2 Å². The largest absolute Gasteiger partial charge is 0.367 e. The summed E-state index contributed by atoms with van der Waals surface area (Å²) < 4.78 is 0. The van der Waals surface area contributed by atoms with E-state index in [2.05, 4.69) is 70.9 Å². The summed E-state index contributed by atoms with van der Waals surface area (Å²) in [6.07, 6.45) is 10.9. The van der Waals surface area contributed by atoms with E-state index in [1.54, 1.807) is 0 Å². The topological polar surface area (TPSA) is 32.3 Å². The lowest BCUT2D eigenvalue weighted by atomic mass is 9.48. The molecule has 1 aliphatic heterocycles. The van der Waals surface area contributed by atoms with Gasteiger partial charge in [0, 0.05) is 30.0 Å². The van der Waals surface area contributed by atoms with Crippen molar-refractivity contribution < 1.29 is 4.79 Å². The first-order chi connectivity index (χ1) is 17.6. The highest BCUT2D eigenvalue weighted by atomic mass is 16.1. The highest BCUT2D eigenvalue weighted by Crippen LogP contribution is 2.60. The Labute approximate surface area is 214 Å². The van der Waals surface area contributed by atoms with Gasteiger partial charge < -0.3 is 10.2 Å². The molecule has 184 valence electrons. The second-order valence-electron chi connectivity index (χ2n) is 12.1. The molecule has 4 fully saturated rings. The standard InChI is InChI=1S/C33H36N2O/c36-32(28-9-7-23(8-10-28)22-35-15-3-5-27-4-1-2-6-31(27)35)34-30-13-11-29(12-14-30)33-19-24-16-25(20-33)18-26(17-24)21-33/h1-2,4,6-14,24-26H,3,5,15-22H2,(H,34,36). The number of carbonyl (C=O) groups excluding carboxylic acids is 1. The minimum absolute atomic E-state index is 0.0348. The van der Waals surface area contributed by atoms with Crippen LogP contribution in [0.15, 0.2) is 72.8 Å². The third-order valence-corrected chi connectivity index (χ3v) is 9.59. The first-order valence-electron chi connectivity index (χ1n) is 14.0. The van der Waals surface area contributed by atoms with Gasteiger partial charge in [0.05, 0.1) is 0 Å². The van der Waals surface area contributed by atoms with Crippen molar-refractivity contribution in [3.05, 3.63) is 95.1 Å². The first-order valence-corrected chi connectivity index (χ1v) is 14.0. The van der Waals surface area contributed by atoms with Gasteiger partial charge in [-0.25, -0.2) is 0 Å². The van der Waals surface area contributed by atoms with Crippen LogP contribution in [0.5, 0.6) is 0 Å². The number of carbonyl (C=O) groups is 1. The molecule has 0 saturated heterocycles. The average Bonchev–Trinajstić information content (AvgIpc) is 2.89. The van der Waals surface area contributed by atoms with Crippen LogP contribution in [-0.2, 0) is 18.4 Å². The van der Waals surface area contributed by atoms with Gasteiger partial charge in [0.1, 0.15) is 0 Å². The Morgan fingerprint density at radius 1 is 0.833 bits per heavy atom. The van der Waals surface area contributed by atoms with E-state index in [0.29, 0.717) is 11.0 Å². The fourth-order valence-corrected chi connectivity index (χ4v) is 8.33. The maximum atomic E-state index is 13.0. The van der Waals surface area contributed by atoms with Gasteiger partial charge in [-0.1, -0.05) is 42.5 Å². The van der Waals surface area contributed by atoms with Crippen LogP contribution in [-0.4, -0.2) is 12.5 Å². The van der Waals surface area contributed by atoms with Crippen molar-refractivity contribution in [3.63, 3.8) is 0 Å². The number of nitrogens with zero attached hydrogens (tertiary/aromatic N) is 1. The normalized spacial score (nSPS) is 28.1. The zero-order valence-corrected chi connectivity index (χ0v) is 21.1. The molecule has 4 saturated carbocycles. The first kappa shape index (κ1) is 22.2. The second-order valence-corrected chi connectivity index (χ2v) is 12.1. The molecule has 36 heavy (non-hydrogen) atoms. The van der Waals surface area contributed by atoms with Gasteiger partial charge >= 0.3 is 0 Å². The molecule has 0 spiro atoms. The minimum Gasteiger partial charge on any atom is -0.367 e. The minimum atomic E-state index is -0.0348. The Kier molecular flexibility index (Phi) is 5.41. The van der Waals surface area contributed by atoms with E-state index in [4.69, 9.17) is 0 Å². The van der Waals surface area contributed by atoms with E-state index in [0.717, 1.165) is 43.0 Å². The van der Waals surface area contributed by atoms with E-state index in [-0.39, 0.29) is 5.91 Å². The lowest BCUT2D eigenvalue weighted by molar-refractivity contribution is -0.00518. The lowest BCUT2D eigenvalue weighted by Crippen LogP contribution is -2.48. The fraction of sp³-hybridized carbons (Fsp3) is 0.424. The molecule has 1 amide bonds. The molecular weight excluding hydrogens is 440 g/mol. The van der Waals surface area contributed by atoms with E-state index in [9.17, 15) is 4.79 Å². The molecule has 0 aromatic heterocycles. The molecule has 3 aromatic carbocycles. The fourth-order valence-electron chi connectivity index (χ4n) is 8.33. The summed E-state index contributed by atoms with van der Waals surface area (Å²) in [7, 11) is 0. The molecule has 1 N–H and O–H groups in total. The maximum absolute atomic E-state index is 13.0. The van der Waals surface area contributed by atoms with E-state index >= 15 is 0 Å². The van der Waals surface area contributed by atoms with Crippen LogP contribution in [0.2, 0.25) is 0 Å². The maximum Gasteiger partial charge on any atom is 0.255 e. The third-order valence-electron chi connectivity index (χ3n) is 9.59. The molecule has 8 rings (SSSR count). The number of rotatable bonds is 5. The van der Waals surface area contributed by atoms with Crippen molar-refractivity contribution in [2.24, 2.45) is 17.8 Å². The van der Waals surface area contributed by atoms with Crippen LogP contribution in [0.3, 0.4) is 0 Å². The summed E-state index contributed by atoms with van der Waals surface area (Å²) in [4.78, 5) is 15.4. The zero-order valence-electron chi connectivity index (χ0n) is 21.1. The molecule has 3 heteroatoms. The number of hydrogen-bond acceptors (Lipinski definition) is 2. The van der Waals surface area contributed by atoms with Gasteiger partial charge in [-0.2, -0.15) is 0 Å². The number of para-hydroxylation sites is 1. The van der Waals surface area contributed by atoms with Gasteiger partial charge in [-0.15, -0.1) is 0 Å². The Morgan fingerprint density at radius 3 is 2.19 bits per heavy atom. The summed E-state index contributed by atoms with van der Waals surface area (Å²) in [6.45, 7) is 1.96. The van der Waals surface area contributed by atoms with Gasteiger partial charge in [-0.3, -0.25) is 4.79 Å². The molecule has 0 radical (unpaired) electrons. The Morgan fingerprint density at radius 2 is 1.50 bits per heavy atom. The quantitative estimate of drug-likeness (QED) is 0.417. The number of nitrogens with one attached hydrogen (secondary N) is 1. The van der Waals surface area contributed by atoms with Crippen LogP contribution in [0.25, 0.3) is 0 Å². The van der Waals surface area contributed by atoms with Crippen molar-refractivity contribution >= 4 is 17.3 Å².